The van der Waals surface area contributed by atoms with Crippen LogP contribution in [-0.2, 0) is 5.41 Å². The van der Waals surface area contributed by atoms with Gasteiger partial charge in [0.2, 0.25) is 5.95 Å². The first-order chi connectivity index (χ1) is 12.7. The smallest absolute Gasteiger partial charge is 0.354 e. The molecule has 1 saturated heterocycles. The number of aromatic nitrogens is 2. The summed E-state index contributed by atoms with van der Waals surface area (Å²) in [5.41, 5.74) is 1.93. The summed E-state index contributed by atoms with van der Waals surface area (Å²) in [6.45, 7) is 10.5. The molecule has 144 valence electrons. The van der Waals surface area contributed by atoms with E-state index in [1.54, 1.807) is 6.92 Å². The van der Waals surface area contributed by atoms with Crippen molar-refractivity contribution in [3.05, 3.63) is 47.3 Å². The van der Waals surface area contributed by atoms with Crippen molar-refractivity contribution in [2.24, 2.45) is 5.92 Å². The van der Waals surface area contributed by atoms with Crippen LogP contribution in [0.25, 0.3) is 0 Å². The van der Waals surface area contributed by atoms with Gasteiger partial charge < -0.3 is 14.7 Å². The number of carboxylic acid groups (broad SMARTS) is 1. The lowest BCUT2D eigenvalue weighted by atomic mass is 9.86. The monoisotopic (exact) mass is 369 g/mol. The number of para-hydroxylation sites is 1. The van der Waals surface area contributed by atoms with Crippen LogP contribution in [0.1, 0.15) is 48.9 Å². The second-order valence-corrected chi connectivity index (χ2v) is 8.16. The number of aromatic carboxylic acids is 1. The largest absolute Gasteiger partial charge is 0.493 e. The summed E-state index contributed by atoms with van der Waals surface area (Å²) in [4.78, 5) is 21.9. The van der Waals surface area contributed by atoms with E-state index in [0.29, 0.717) is 24.2 Å². The zero-order valence-corrected chi connectivity index (χ0v) is 16.4. The molecule has 1 unspecified atom stereocenters. The van der Waals surface area contributed by atoms with Gasteiger partial charge in [-0.1, -0.05) is 39.0 Å². The molecule has 0 spiro atoms. The van der Waals surface area contributed by atoms with Gasteiger partial charge in [0, 0.05) is 24.7 Å². The van der Waals surface area contributed by atoms with E-state index >= 15 is 0 Å². The summed E-state index contributed by atoms with van der Waals surface area (Å²) < 4.78 is 6.16. The number of aryl methyl sites for hydroxylation is 1. The Balaban J connectivity index is 1.66. The van der Waals surface area contributed by atoms with Gasteiger partial charge in [0.1, 0.15) is 5.75 Å². The lowest BCUT2D eigenvalue weighted by molar-refractivity contribution is 0.0690. The van der Waals surface area contributed by atoms with Crippen molar-refractivity contribution in [3.8, 4) is 5.75 Å². The third-order valence-corrected chi connectivity index (χ3v) is 4.80. The van der Waals surface area contributed by atoms with E-state index in [1.807, 2.05) is 23.1 Å². The maximum Gasteiger partial charge on any atom is 0.354 e. The molecule has 2 heterocycles. The van der Waals surface area contributed by atoms with Crippen molar-refractivity contribution >= 4 is 11.9 Å². The molecule has 1 aliphatic heterocycles. The minimum absolute atomic E-state index is 0.0287. The number of carboxylic acids is 1. The average Bonchev–Trinajstić information content (AvgIpc) is 3.08. The zero-order valence-electron chi connectivity index (χ0n) is 16.4. The molecule has 6 heteroatoms. The summed E-state index contributed by atoms with van der Waals surface area (Å²) >= 11 is 0. The van der Waals surface area contributed by atoms with Crippen LogP contribution in [0.4, 0.5) is 5.95 Å². The normalized spacial score (nSPS) is 17.2. The number of hydrogen-bond acceptors (Lipinski definition) is 5. The molecule has 27 heavy (non-hydrogen) atoms. The summed E-state index contributed by atoms with van der Waals surface area (Å²) in [6.07, 6.45) is 0.970. The van der Waals surface area contributed by atoms with Gasteiger partial charge in [-0.3, -0.25) is 0 Å². The number of anilines is 1. The van der Waals surface area contributed by atoms with Crippen LogP contribution >= 0.6 is 0 Å². The predicted molar refractivity (Wildman–Crippen MR) is 105 cm³/mol. The molecule has 1 atom stereocenters. The third kappa shape index (κ3) is 4.56. The lowest BCUT2D eigenvalue weighted by Gasteiger charge is -2.23. The van der Waals surface area contributed by atoms with Crippen LogP contribution in [0.3, 0.4) is 0 Å². The molecule has 0 radical (unpaired) electrons. The molecule has 1 aliphatic rings. The van der Waals surface area contributed by atoms with Gasteiger partial charge in [0.05, 0.1) is 6.61 Å². The third-order valence-electron chi connectivity index (χ3n) is 4.80. The van der Waals surface area contributed by atoms with E-state index in [0.717, 1.165) is 25.3 Å². The van der Waals surface area contributed by atoms with Crippen molar-refractivity contribution in [1.82, 2.24) is 9.97 Å². The van der Waals surface area contributed by atoms with Crippen LogP contribution in [0.5, 0.6) is 5.75 Å². The minimum atomic E-state index is -1.03. The second-order valence-electron chi connectivity index (χ2n) is 8.16. The minimum Gasteiger partial charge on any atom is -0.493 e. The van der Waals surface area contributed by atoms with Gasteiger partial charge in [-0.2, -0.15) is 0 Å². The fraction of sp³-hybridized carbons (Fsp3) is 0.476. The first-order valence-electron chi connectivity index (χ1n) is 9.30. The van der Waals surface area contributed by atoms with Crippen LogP contribution in [0.15, 0.2) is 30.3 Å². The van der Waals surface area contributed by atoms with Crippen LogP contribution in [0.2, 0.25) is 0 Å². The fourth-order valence-electron chi connectivity index (χ4n) is 3.37. The Morgan fingerprint density at radius 2 is 2.04 bits per heavy atom. The summed E-state index contributed by atoms with van der Waals surface area (Å²) in [6, 6.07) is 9.67. The van der Waals surface area contributed by atoms with E-state index in [1.165, 1.54) is 11.6 Å². The molecule has 0 aliphatic carbocycles. The van der Waals surface area contributed by atoms with Gasteiger partial charge >= 0.3 is 5.97 Å². The zero-order chi connectivity index (χ0) is 19.6. The Morgan fingerprint density at radius 3 is 2.74 bits per heavy atom. The van der Waals surface area contributed by atoms with E-state index in [9.17, 15) is 9.90 Å². The SMILES string of the molecule is Cc1cc(C(=O)O)nc(N2CCC(COc3ccccc3C(C)(C)C)C2)n1. The van der Waals surface area contributed by atoms with Crippen LogP contribution in [0, 0.1) is 12.8 Å². The average molecular weight is 369 g/mol. The highest BCUT2D eigenvalue weighted by molar-refractivity contribution is 5.85. The first-order valence-corrected chi connectivity index (χ1v) is 9.30. The highest BCUT2D eigenvalue weighted by Crippen LogP contribution is 2.32. The van der Waals surface area contributed by atoms with E-state index in [4.69, 9.17) is 4.74 Å². The number of hydrogen-bond donors (Lipinski definition) is 1. The topological polar surface area (TPSA) is 75.5 Å². The molecule has 1 fully saturated rings. The second kappa shape index (κ2) is 7.55. The standard InChI is InChI=1S/C21H27N3O3/c1-14-11-17(19(25)26)23-20(22-14)24-10-9-15(12-24)13-27-18-8-6-5-7-16(18)21(2,3)4/h5-8,11,15H,9-10,12-13H2,1-4H3,(H,25,26). The molecule has 1 N–H and O–H groups in total. The predicted octanol–water partition coefficient (Wildman–Crippen LogP) is 3.69. The fourth-order valence-corrected chi connectivity index (χ4v) is 3.37. The molecule has 3 rings (SSSR count). The molecule has 0 saturated carbocycles. The quantitative estimate of drug-likeness (QED) is 0.866. The van der Waals surface area contributed by atoms with Crippen LogP contribution in [-0.4, -0.2) is 40.7 Å². The summed E-state index contributed by atoms with van der Waals surface area (Å²) in [7, 11) is 0. The van der Waals surface area contributed by atoms with E-state index in [-0.39, 0.29) is 11.1 Å². The molecule has 1 aromatic carbocycles. The lowest BCUT2D eigenvalue weighted by Crippen LogP contribution is -2.25. The van der Waals surface area contributed by atoms with Crippen LogP contribution < -0.4 is 9.64 Å². The van der Waals surface area contributed by atoms with Crippen molar-refractivity contribution in [3.63, 3.8) is 0 Å². The number of rotatable bonds is 5. The van der Waals surface area contributed by atoms with Gasteiger partial charge in [-0.05, 0) is 36.5 Å². The Hall–Kier alpha value is -2.63. The number of ether oxygens (including phenoxy) is 1. The van der Waals surface area contributed by atoms with Gasteiger partial charge in [-0.15, -0.1) is 0 Å². The Kier molecular flexibility index (Phi) is 5.35. The Morgan fingerprint density at radius 1 is 1.30 bits per heavy atom. The van der Waals surface area contributed by atoms with Crippen molar-refractivity contribution in [2.45, 2.75) is 39.5 Å². The summed E-state index contributed by atoms with van der Waals surface area (Å²) in [5, 5.41) is 9.20. The molecule has 2 aromatic rings. The highest BCUT2D eigenvalue weighted by Gasteiger charge is 2.27. The van der Waals surface area contributed by atoms with E-state index in [2.05, 4.69) is 36.8 Å². The molecule has 6 nitrogen and oxygen atoms in total. The molecular weight excluding hydrogens is 342 g/mol. The highest BCUT2D eigenvalue weighted by atomic mass is 16.5. The van der Waals surface area contributed by atoms with Crippen molar-refractivity contribution in [2.75, 3.05) is 24.6 Å². The Labute approximate surface area is 160 Å². The molecule has 0 amide bonds. The van der Waals surface area contributed by atoms with Crippen molar-refractivity contribution < 1.29 is 14.6 Å². The van der Waals surface area contributed by atoms with Crippen molar-refractivity contribution in [1.29, 1.82) is 0 Å². The van der Waals surface area contributed by atoms with Gasteiger partial charge in [-0.25, -0.2) is 14.8 Å². The molecule has 0 bridgehead atoms. The maximum absolute atomic E-state index is 11.2. The number of carbonyl (C=O) groups is 1. The van der Waals surface area contributed by atoms with Gasteiger partial charge in [0.25, 0.3) is 0 Å². The Bertz CT molecular complexity index is 830. The summed E-state index contributed by atoms with van der Waals surface area (Å²) in [5.74, 6) is 0.753. The van der Waals surface area contributed by atoms with Gasteiger partial charge in [0.15, 0.2) is 5.69 Å². The number of nitrogens with zero attached hydrogens (tertiary/aromatic N) is 3. The maximum atomic E-state index is 11.2. The molecule has 1 aromatic heterocycles. The van der Waals surface area contributed by atoms with E-state index < -0.39 is 5.97 Å². The number of benzene rings is 1. The molecular formula is C21H27N3O3. The first kappa shape index (κ1) is 19.1.